The summed E-state index contributed by atoms with van der Waals surface area (Å²) in [5.74, 6) is -0.861. The summed E-state index contributed by atoms with van der Waals surface area (Å²) in [5, 5.41) is 0. The lowest BCUT2D eigenvalue weighted by atomic mass is 10.0. The summed E-state index contributed by atoms with van der Waals surface area (Å²) in [6.07, 6.45) is -11.8. The van der Waals surface area contributed by atoms with Crippen molar-refractivity contribution in [1.29, 1.82) is 0 Å². The Kier molecular flexibility index (Phi) is 0.920. The van der Waals surface area contributed by atoms with E-state index in [9.17, 15) is 4.79 Å². The summed E-state index contributed by atoms with van der Waals surface area (Å²) < 4.78 is 73.2. The first kappa shape index (κ1) is 3.37. The van der Waals surface area contributed by atoms with Gasteiger partial charge in [-0.1, -0.05) is 31.4 Å². The number of rotatable bonds is 3. The highest BCUT2D eigenvalue weighted by atomic mass is 16.5. The van der Waals surface area contributed by atoms with Crippen LogP contribution in [0.5, 0.6) is 0 Å². The predicted octanol–water partition coefficient (Wildman–Crippen LogP) is 3.09. The van der Waals surface area contributed by atoms with Gasteiger partial charge in [0, 0.05) is 17.9 Å². The van der Waals surface area contributed by atoms with Crippen LogP contribution in [0.15, 0.2) is 24.3 Å². The molecule has 0 spiro atoms. The number of esters is 1. The second kappa shape index (κ2) is 3.82. The minimum Gasteiger partial charge on any atom is -0.454 e. The van der Waals surface area contributed by atoms with Crippen LogP contribution in [0.1, 0.15) is 60.3 Å². The van der Waals surface area contributed by atoms with E-state index in [0.717, 1.165) is 0 Å². The number of hydrogen-bond acceptors (Lipinski definition) is 2. The second-order valence-electron chi connectivity index (χ2n) is 2.77. The summed E-state index contributed by atoms with van der Waals surface area (Å²) >= 11 is 0. The first-order valence-corrected chi connectivity index (χ1v) is 4.05. The summed E-state index contributed by atoms with van der Waals surface area (Å²) in [6, 6.07) is 5.76. The van der Waals surface area contributed by atoms with Crippen LogP contribution in [0, 0.1) is 0 Å². The molecule has 74 valence electrons. The Hall–Kier alpha value is -1.31. The quantitative estimate of drug-likeness (QED) is 0.699. The Morgan fingerprint density at radius 3 is 3.29 bits per heavy atom. The maximum absolute atomic E-state index is 11.8. The van der Waals surface area contributed by atoms with Crippen molar-refractivity contribution in [3.05, 3.63) is 35.4 Å². The van der Waals surface area contributed by atoms with E-state index in [4.69, 9.17) is 17.1 Å². The average Bonchev–Trinajstić information content (AvgIpc) is 2.76. The highest BCUT2D eigenvalue weighted by molar-refractivity contribution is 5.93. The third-order valence-electron chi connectivity index (χ3n) is 1.95. The van der Waals surface area contributed by atoms with Crippen molar-refractivity contribution in [2.45, 2.75) is 32.1 Å². The van der Waals surface area contributed by atoms with Crippen molar-refractivity contribution >= 4 is 5.97 Å². The van der Waals surface area contributed by atoms with Gasteiger partial charge in [0.25, 0.3) is 0 Å². The zero-order valence-corrected chi connectivity index (χ0v) is 7.20. The molecule has 1 unspecified atom stereocenters. The molecule has 14 heavy (non-hydrogen) atoms. The number of carbonyl (C=O) groups is 1. The van der Waals surface area contributed by atoms with Gasteiger partial charge in [0.2, 0.25) is 0 Å². The molecule has 0 amide bonds. The van der Waals surface area contributed by atoms with Crippen LogP contribution in [-0.2, 0) is 4.74 Å². The van der Waals surface area contributed by atoms with E-state index < -0.39 is 38.0 Å². The molecule has 1 heterocycles. The molecule has 0 saturated heterocycles. The third kappa shape index (κ3) is 1.52. The molecule has 0 N–H and O–H groups in total. The van der Waals surface area contributed by atoms with Gasteiger partial charge in [-0.15, -0.1) is 0 Å². The number of hydrogen-bond donors (Lipinski definition) is 0. The summed E-state index contributed by atoms with van der Waals surface area (Å²) in [6.45, 7) is -3.40. The minimum atomic E-state index is -3.49. The van der Waals surface area contributed by atoms with Crippen LogP contribution >= 0.6 is 0 Å². The minimum absolute atomic E-state index is 0.0478. The van der Waals surface area contributed by atoms with Gasteiger partial charge in [-0.3, -0.25) is 0 Å². The molecular weight excluding hydrogens is 176 g/mol. The molecule has 0 saturated carbocycles. The van der Waals surface area contributed by atoms with Gasteiger partial charge in [-0.2, -0.15) is 0 Å². The van der Waals surface area contributed by atoms with Crippen LogP contribution < -0.4 is 0 Å². The van der Waals surface area contributed by atoms with Crippen molar-refractivity contribution < 1.29 is 21.9 Å². The molecule has 2 heteroatoms. The molecule has 1 aromatic carbocycles. The zero-order valence-electron chi connectivity index (χ0n) is 16.2. The van der Waals surface area contributed by atoms with E-state index in [0.29, 0.717) is 0 Å². The average molecular weight is 199 g/mol. The van der Waals surface area contributed by atoms with Crippen molar-refractivity contribution in [3.63, 3.8) is 0 Å². The maximum Gasteiger partial charge on any atom is 0.339 e. The van der Waals surface area contributed by atoms with Crippen molar-refractivity contribution in [3.8, 4) is 0 Å². The SMILES string of the molecule is [2H]C([2H])([2H])C([2H])([2H])C([2H])([2H])C([2H])([2H])C1OC(=O)c2ccccc21. The summed E-state index contributed by atoms with van der Waals surface area (Å²) in [4.78, 5) is 11.8. The van der Waals surface area contributed by atoms with Crippen LogP contribution in [0.25, 0.3) is 0 Å². The molecule has 1 aliphatic heterocycles. The van der Waals surface area contributed by atoms with E-state index in [1.807, 2.05) is 0 Å². The van der Waals surface area contributed by atoms with Crippen molar-refractivity contribution in [2.75, 3.05) is 0 Å². The smallest absolute Gasteiger partial charge is 0.339 e. The molecule has 1 aliphatic rings. The fourth-order valence-corrected chi connectivity index (χ4v) is 1.35. The molecular formula is C12H14O2. The van der Waals surface area contributed by atoms with E-state index in [-0.39, 0.29) is 11.1 Å². The number of carbonyl (C=O) groups excluding carboxylic acids is 1. The molecule has 1 aromatic rings. The fraction of sp³-hybridized carbons (Fsp3) is 0.417. The molecule has 1 atom stereocenters. The largest absolute Gasteiger partial charge is 0.454 e. The van der Waals surface area contributed by atoms with Gasteiger partial charge in [0.05, 0.1) is 5.56 Å². The highest BCUT2D eigenvalue weighted by Gasteiger charge is 2.29. The lowest BCUT2D eigenvalue weighted by Gasteiger charge is -2.08. The van der Waals surface area contributed by atoms with Gasteiger partial charge in [-0.25, -0.2) is 4.79 Å². The normalized spacial score (nSPS) is 32.7. The number of ether oxygens (including phenoxy) is 1. The summed E-state index contributed by atoms with van der Waals surface area (Å²) in [5.41, 5.74) is 0.110. The van der Waals surface area contributed by atoms with E-state index >= 15 is 0 Å². The Morgan fingerprint density at radius 2 is 2.43 bits per heavy atom. The number of fused-ring (bicyclic) bond motifs is 1. The molecule has 2 rings (SSSR count). The van der Waals surface area contributed by atoms with Gasteiger partial charge >= 0.3 is 5.97 Å². The fourth-order valence-electron chi connectivity index (χ4n) is 1.35. The molecule has 0 aromatic heterocycles. The zero-order chi connectivity index (χ0) is 17.8. The first-order chi connectivity index (χ1) is 10.2. The number of cyclic esters (lactones) is 1. The molecule has 0 radical (unpaired) electrons. The van der Waals surface area contributed by atoms with Crippen LogP contribution in [-0.4, -0.2) is 5.97 Å². The van der Waals surface area contributed by atoms with Gasteiger partial charge in [-0.05, 0) is 18.8 Å². The van der Waals surface area contributed by atoms with Crippen LogP contribution in [0.2, 0.25) is 0 Å². The second-order valence-corrected chi connectivity index (χ2v) is 2.77. The Balaban J connectivity index is 2.53. The predicted molar refractivity (Wildman–Crippen MR) is 54.1 cm³/mol. The van der Waals surface area contributed by atoms with Crippen LogP contribution in [0.3, 0.4) is 0 Å². The standard InChI is InChI=1S/C12H14O2/c1-2-3-8-11-9-6-4-5-7-10(9)12(13)14-11/h4-7,11H,2-3,8H2,1H3/i1D3,2D2,3D2,8D2. The van der Waals surface area contributed by atoms with Gasteiger partial charge < -0.3 is 4.74 Å². The first-order valence-electron chi connectivity index (χ1n) is 8.55. The highest BCUT2D eigenvalue weighted by Crippen LogP contribution is 2.33. The Morgan fingerprint density at radius 1 is 1.57 bits per heavy atom. The monoisotopic (exact) mass is 199 g/mol. The molecule has 0 fully saturated rings. The Labute approximate surface area is 96.5 Å². The molecule has 0 aliphatic carbocycles. The van der Waals surface area contributed by atoms with Crippen molar-refractivity contribution in [2.24, 2.45) is 0 Å². The topological polar surface area (TPSA) is 26.3 Å². The van der Waals surface area contributed by atoms with E-state index in [1.54, 1.807) is 0 Å². The summed E-state index contributed by atoms with van der Waals surface area (Å²) in [7, 11) is 0. The maximum atomic E-state index is 11.8. The lowest BCUT2D eigenvalue weighted by Crippen LogP contribution is -1.98. The van der Waals surface area contributed by atoms with Gasteiger partial charge in [0.15, 0.2) is 0 Å². The third-order valence-corrected chi connectivity index (χ3v) is 1.95. The Bertz CT molecular complexity index is 636. The lowest BCUT2D eigenvalue weighted by molar-refractivity contribution is 0.0364. The van der Waals surface area contributed by atoms with E-state index in [2.05, 4.69) is 0 Å². The number of benzene rings is 1. The van der Waals surface area contributed by atoms with E-state index in [1.165, 1.54) is 24.3 Å². The van der Waals surface area contributed by atoms with Crippen molar-refractivity contribution in [1.82, 2.24) is 0 Å². The molecule has 2 nitrogen and oxygen atoms in total. The van der Waals surface area contributed by atoms with Gasteiger partial charge in [0.1, 0.15) is 6.10 Å². The molecule has 0 bridgehead atoms. The van der Waals surface area contributed by atoms with Crippen LogP contribution in [0.4, 0.5) is 0 Å².